The molecule has 8 rings (SSSR count). The van der Waals surface area contributed by atoms with E-state index in [0.717, 1.165) is 16.5 Å². The van der Waals surface area contributed by atoms with E-state index in [1.807, 2.05) is 12.1 Å². The first-order valence-electron chi connectivity index (χ1n) is 12.3. The Hall–Kier alpha value is -4.75. The largest absolute Gasteiger partial charge is 0.289 e. The molecule has 0 amide bonds. The van der Waals surface area contributed by atoms with Crippen molar-refractivity contribution in [1.82, 2.24) is 0 Å². The molecular formula is C35H20O. The summed E-state index contributed by atoms with van der Waals surface area (Å²) >= 11 is 0. The monoisotopic (exact) mass is 456 g/mol. The first-order valence-corrected chi connectivity index (χ1v) is 12.3. The van der Waals surface area contributed by atoms with Crippen molar-refractivity contribution in [2.75, 3.05) is 0 Å². The van der Waals surface area contributed by atoms with Gasteiger partial charge in [0.2, 0.25) is 0 Å². The van der Waals surface area contributed by atoms with Crippen LogP contribution in [-0.4, -0.2) is 5.78 Å². The normalized spacial score (nSPS) is 12.4. The summed E-state index contributed by atoms with van der Waals surface area (Å²) in [4.78, 5) is 13.5. The van der Waals surface area contributed by atoms with Gasteiger partial charge in [-0.3, -0.25) is 4.79 Å². The summed E-state index contributed by atoms with van der Waals surface area (Å²) in [6.45, 7) is 0. The quantitative estimate of drug-likeness (QED) is 0.147. The Morgan fingerprint density at radius 3 is 1.50 bits per heavy atom. The van der Waals surface area contributed by atoms with Crippen molar-refractivity contribution >= 4 is 76.5 Å². The van der Waals surface area contributed by atoms with Crippen LogP contribution in [0.2, 0.25) is 0 Å². The lowest BCUT2D eigenvalue weighted by molar-refractivity contribution is 0.104. The van der Waals surface area contributed by atoms with Crippen LogP contribution in [0.1, 0.15) is 15.9 Å². The molecule has 0 radical (unpaired) electrons. The van der Waals surface area contributed by atoms with Crippen LogP contribution < -0.4 is 0 Å². The summed E-state index contributed by atoms with van der Waals surface area (Å²) < 4.78 is 0. The number of rotatable bonds is 3. The zero-order valence-corrected chi connectivity index (χ0v) is 19.5. The highest BCUT2D eigenvalue weighted by molar-refractivity contribution is 6.28. The van der Waals surface area contributed by atoms with Crippen LogP contribution in [0.25, 0.3) is 70.7 Å². The highest BCUT2D eigenvalue weighted by Gasteiger charge is 2.14. The van der Waals surface area contributed by atoms with Gasteiger partial charge in [0.05, 0.1) is 0 Å². The molecule has 0 atom stereocenters. The number of carbonyl (C=O) groups excluding carboxylic acids is 1. The predicted molar refractivity (Wildman–Crippen MR) is 154 cm³/mol. The second kappa shape index (κ2) is 7.13. The Kier molecular flexibility index (Phi) is 3.87. The molecule has 0 heterocycles. The molecule has 0 bridgehead atoms. The van der Waals surface area contributed by atoms with Gasteiger partial charge in [0.1, 0.15) is 0 Å². The van der Waals surface area contributed by atoms with E-state index < -0.39 is 0 Å². The molecular weight excluding hydrogens is 436 g/mol. The van der Waals surface area contributed by atoms with Crippen LogP contribution in [0, 0.1) is 0 Å². The second-order valence-electron chi connectivity index (χ2n) is 9.68. The van der Waals surface area contributed by atoms with Crippen LogP contribution in [0.15, 0.2) is 115 Å². The van der Waals surface area contributed by atoms with Crippen molar-refractivity contribution in [3.63, 3.8) is 0 Å². The van der Waals surface area contributed by atoms with Crippen molar-refractivity contribution < 1.29 is 4.79 Å². The minimum Gasteiger partial charge on any atom is -0.289 e. The van der Waals surface area contributed by atoms with E-state index in [4.69, 9.17) is 0 Å². The van der Waals surface area contributed by atoms with Crippen LogP contribution >= 0.6 is 0 Å². The molecule has 8 aromatic rings. The van der Waals surface area contributed by atoms with Crippen molar-refractivity contribution in [2.24, 2.45) is 0 Å². The number of hydrogen-bond acceptors (Lipinski definition) is 1. The Labute approximate surface area is 207 Å². The van der Waals surface area contributed by atoms with Gasteiger partial charge in [-0.05, 0) is 82.3 Å². The maximum Gasteiger partial charge on any atom is 0.186 e. The van der Waals surface area contributed by atoms with E-state index in [1.165, 1.54) is 59.2 Å². The zero-order chi connectivity index (χ0) is 23.8. The molecule has 0 unspecified atom stereocenters. The van der Waals surface area contributed by atoms with Gasteiger partial charge in [0.25, 0.3) is 0 Å². The first kappa shape index (κ1) is 19.5. The highest BCUT2D eigenvalue weighted by Crippen LogP contribution is 2.38. The third-order valence-electron chi connectivity index (χ3n) is 7.77. The Morgan fingerprint density at radius 2 is 0.889 bits per heavy atom. The minimum atomic E-state index is 0.0265. The number of carbonyl (C=O) groups is 1. The lowest BCUT2D eigenvalue weighted by atomic mass is 9.90. The molecule has 0 aliphatic rings. The molecule has 0 fully saturated rings. The molecule has 8 aromatic carbocycles. The average molecular weight is 457 g/mol. The molecule has 166 valence electrons. The van der Waals surface area contributed by atoms with E-state index in [1.54, 1.807) is 6.08 Å². The molecule has 0 saturated heterocycles. The van der Waals surface area contributed by atoms with Gasteiger partial charge in [0, 0.05) is 5.56 Å². The van der Waals surface area contributed by atoms with Crippen LogP contribution in [-0.2, 0) is 0 Å². The van der Waals surface area contributed by atoms with Gasteiger partial charge in [-0.2, -0.15) is 0 Å². The standard InChI is InChI=1S/C35H20O/c36-31(29-18-14-27-12-10-23-4-2-6-25-15-19-30(29)35(27)33(23)25)20-16-21-7-8-26-11-9-22-3-1-5-24-13-17-28(21)34(26)32(22)24/h1-20H/b20-16+. The van der Waals surface area contributed by atoms with E-state index >= 15 is 0 Å². The fourth-order valence-electron chi connectivity index (χ4n) is 6.11. The maximum atomic E-state index is 13.5. The molecule has 0 aliphatic carbocycles. The lowest BCUT2D eigenvalue weighted by Crippen LogP contribution is -1.97. The first-order chi connectivity index (χ1) is 17.8. The molecule has 1 heteroatoms. The van der Waals surface area contributed by atoms with Crippen LogP contribution in [0.5, 0.6) is 0 Å². The number of allylic oxidation sites excluding steroid dienone is 1. The van der Waals surface area contributed by atoms with Crippen molar-refractivity contribution in [2.45, 2.75) is 0 Å². The van der Waals surface area contributed by atoms with Gasteiger partial charge < -0.3 is 0 Å². The summed E-state index contributed by atoms with van der Waals surface area (Å²) in [5.74, 6) is 0.0265. The summed E-state index contributed by atoms with van der Waals surface area (Å²) in [6, 6.07) is 38.4. The van der Waals surface area contributed by atoms with E-state index in [-0.39, 0.29) is 5.78 Å². The molecule has 1 nitrogen and oxygen atoms in total. The van der Waals surface area contributed by atoms with E-state index in [9.17, 15) is 4.79 Å². The Bertz CT molecular complexity index is 2130. The second-order valence-corrected chi connectivity index (χ2v) is 9.68. The molecule has 0 spiro atoms. The van der Waals surface area contributed by atoms with E-state index in [0.29, 0.717) is 0 Å². The van der Waals surface area contributed by atoms with Crippen LogP contribution in [0.4, 0.5) is 0 Å². The van der Waals surface area contributed by atoms with Crippen molar-refractivity contribution in [1.29, 1.82) is 0 Å². The smallest absolute Gasteiger partial charge is 0.186 e. The summed E-state index contributed by atoms with van der Waals surface area (Å²) in [6.07, 6.45) is 3.71. The van der Waals surface area contributed by atoms with Gasteiger partial charge >= 0.3 is 0 Å². The maximum absolute atomic E-state index is 13.5. The fraction of sp³-hybridized carbons (Fsp3) is 0. The molecule has 0 N–H and O–H groups in total. The van der Waals surface area contributed by atoms with Crippen molar-refractivity contribution in [3.8, 4) is 0 Å². The molecule has 0 saturated carbocycles. The number of hydrogen-bond donors (Lipinski definition) is 0. The van der Waals surface area contributed by atoms with Gasteiger partial charge in [-0.25, -0.2) is 0 Å². The van der Waals surface area contributed by atoms with Gasteiger partial charge in [-0.1, -0.05) is 109 Å². The number of ketones is 1. The third kappa shape index (κ3) is 2.63. The third-order valence-corrected chi connectivity index (χ3v) is 7.77. The molecule has 36 heavy (non-hydrogen) atoms. The number of benzene rings is 8. The SMILES string of the molecule is O=C(/C=C/c1ccc2ccc3cccc4ccc1c2c34)c1ccc2ccc3cccc4ccc1c2c34. The molecule has 0 aliphatic heterocycles. The predicted octanol–water partition coefficient (Wildman–Crippen LogP) is 9.38. The van der Waals surface area contributed by atoms with E-state index in [2.05, 4.69) is 103 Å². The van der Waals surface area contributed by atoms with Gasteiger partial charge in [-0.15, -0.1) is 0 Å². The van der Waals surface area contributed by atoms with Crippen molar-refractivity contribution in [3.05, 3.63) is 126 Å². The highest BCUT2D eigenvalue weighted by atomic mass is 16.1. The van der Waals surface area contributed by atoms with Crippen LogP contribution in [0.3, 0.4) is 0 Å². The molecule has 0 aromatic heterocycles. The topological polar surface area (TPSA) is 17.1 Å². The fourth-order valence-corrected chi connectivity index (χ4v) is 6.11. The average Bonchev–Trinajstić information content (AvgIpc) is 2.93. The lowest BCUT2D eigenvalue weighted by Gasteiger charge is -2.13. The zero-order valence-electron chi connectivity index (χ0n) is 19.5. The summed E-state index contributed by atoms with van der Waals surface area (Å²) in [5, 5.41) is 14.5. The minimum absolute atomic E-state index is 0.0265. The summed E-state index contributed by atoms with van der Waals surface area (Å²) in [5.41, 5.74) is 1.81. The summed E-state index contributed by atoms with van der Waals surface area (Å²) in [7, 11) is 0. The van der Waals surface area contributed by atoms with Gasteiger partial charge in [0.15, 0.2) is 5.78 Å². The Balaban J connectivity index is 1.29. The Morgan fingerprint density at radius 1 is 0.444 bits per heavy atom.